The van der Waals surface area contributed by atoms with Gasteiger partial charge in [0.1, 0.15) is 11.3 Å². The summed E-state index contributed by atoms with van der Waals surface area (Å²) in [6.45, 7) is 2.23. The van der Waals surface area contributed by atoms with Gasteiger partial charge >= 0.3 is 6.03 Å². The van der Waals surface area contributed by atoms with Crippen LogP contribution in [0.25, 0.3) is 0 Å². The molecular weight excluding hydrogens is 519 g/mol. The molecule has 4 amide bonds. The maximum absolute atomic E-state index is 13.0. The first-order chi connectivity index (χ1) is 17.3. The van der Waals surface area contributed by atoms with Gasteiger partial charge in [0.25, 0.3) is 11.8 Å². The van der Waals surface area contributed by atoms with Crippen molar-refractivity contribution in [3.05, 3.63) is 58.6 Å². The van der Waals surface area contributed by atoms with E-state index in [0.29, 0.717) is 66.4 Å². The Labute approximate surface area is 226 Å². The number of benzene rings is 2. The second kappa shape index (κ2) is 12.4. The van der Waals surface area contributed by atoms with Crippen LogP contribution in [0.3, 0.4) is 0 Å². The molecule has 0 bridgehead atoms. The van der Waals surface area contributed by atoms with Crippen LogP contribution >= 0.6 is 24.0 Å². The van der Waals surface area contributed by atoms with Crippen LogP contribution < -0.4 is 20.7 Å². The Morgan fingerprint density at radius 1 is 1.08 bits per heavy atom. The van der Waals surface area contributed by atoms with Crippen molar-refractivity contribution >= 4 is 53.3 Å². The molecule has 37 heavy (non-hydrogen) atoms. The van der Waals surface area contributed by atoms with Gasteiger partial charge in [-0.15, -0.1) is 12.4 Å². The maximum atomic E-state index is 13.0. The average molecular weight is 549 g/mol. The summed E-state index contributed by atoms with van der Waals surface area (Å²) < 4.78 is 5.37. The maximum Gasteiger partial charge on any atom is 0.322 e. The SMILES string of the molecule is COc1ccc(NC(=O)c2ccccc2Cl)cc1C(=O)CCCCN1CCC2(CC1)NC(=O)NC2=O.Cl. The van der Waals surface area contributed by atoms with Gasteiger partial charge in [-0.2, -0.15) is 0 Å². The topological polar surface area (TPSA) is 117 Å². The number of piperidine rings is 1. The first-order valence-electron chi connectivity index (χ1n) is 11.9. The van der Waals surface area contributed by atoms with Crippen molar-refractivity contribution in [2.24, 2.45) is 0 Å². The van der Waals surface area contributed by atoms with E-state index in [4.69, 9.17) is 16.3 Å². The fraction of sp³-hybridized carbons (Fsp3) is 0.385. The molecular formula is C26H30Cl2N4O5. The molecule has 11 heteroatoms. The Balaban J connectivity index is 0.00000380. The zero-order chi connectivity index (χ0) is 25.7. The molecule has 9 nitrogen and oxygen atoms in total. The Morgan fingerprint density at radius 3 is 2.46 bits per heavy atom. The largest absolute Gasteiger partial charge is 0.496 e. The lowest BCUT2D eigenvalue weighted by molar-refractivity contribution is -0.125. The van der Waals surface area contributed by atoms with E-state index in [1.54, 1.807) is 42.5 Å². The van der Waals surface area contributed by atoms with Crippen molar-refractivity contribution in [2.75, 3.05) is 32.1 Å². The molecule has 0 unspecified atom stereocenters. The van der Waals surface area contributed by atoms with Gasteiger partial charge in [-0.1, -0.05) is 23.7 Å². The second-order valence-corrected chi connectivity index (χ2v) is 9.47. The highest BCUT2D eigenvalue weighted by atomic mass is 35.5. The number of Topliss-reactive ketones (excluding diaryl/α,β-unsaturated/α-hetero) is 1. The van der Waals surface area contributed by atoms with Crippen molar-refractivity contribution in [1.82, 2.24) is 15.5 Å². The smallest absolute Gasteiger partial charge is 0.322 e. The number of ketones is 1. The van der Waals surface area contributed by atoms with Crippen LogP contribution in [-0.2, 0) is 4.79 Å². The summed E-state index contributed by atoms with van der Waals surface area (Å²) in [5.74, 6) is -0.211. The number of methoxy groups -OCH3 is 1. The van der Waals surface area contributed by atoms with E-state index in [1.807, 2.05) is 0 Å². The van der Waals surface area contributed by atoms with Gasteiger partial charge in [0, 0.05) is 25.2 Å². The molecule has 2 saturated heterocycles. The van der Waals surface area contributed by atoms with Gasteiger partial charge in [-0.25, -0.2) is 4.79 Å². The summed E-state index contributed by atoms with van der Waals surface area (Å²) >= 11 is 6.11. The van der Waals surface area contributed by atoms with Gasteiger partial charge in [-0.05, 0) is 62.6 Å². The van der Waals surface area contributed by atoms with Crippen LogP contribution in [0.5, 0.6) is 5.75 Å². The third kappa shape index (κ3) is 6.60. The van der Waals surface area contributed by atoms with E-state index in [0.717, 1.165) is 13.0 Å². The molecule has 2 aliphatic rings. The molecule has 4 rings (SSSR count). The van der Waals surface area contributed by atoms with Gasteiger partial charge in [-0.3, -0.25) is 19.7 Å². The van der Waals surface area contributed by atoms with Crippen molar-refractivity contribution in [3.8, 4) is 5.75 Å². The first-order valence-corrected chi connectivity index (χ1v) is 12.3. The van der Waals surface area contributed by atoms with Crippen LogP contribution in [0.2, 0.25) is 5.02 Å². The van der Waals surface area contributed by atoms with Crippen LogP contribution in [0.1, 0.15) is 52.8 Å². The van der Waals surface area contributed by atoms with Gasteiger partial charge in [0.2, 0.25) is 0 Å². The molecule has 0 aromatic heterocycles. The minimum Gasteiger partial charge on any atom is -0.496 e. The number of urea groups is 1. The number of nitrogens with zero attached hydrogens (tertiary/aromatic N) is 1. The van der Waals surface area contributed by atoms with Crippen molar-refractivity contribution < 1.29 is 23.9 Å². The predicted octanol–water partition coefficient (Wildman–Crippen LogP) is 4.05. The number of amides is 4. The molecule has 0 radical (unpaired) electrons. The van der Waals surface area contributed by atoms with Gasteiger partial charge in [0.05, 0.1) is 23.3 Å². The number of halogens is 2. The third-order valence-corrected chi connectivity index (χ3v) is 7.06. The third-order valence-electron chi connectivity index (χ3n) is 6.73. The van der Waals surface area contributed by atoms with Crippen LogP contribution in [-0.4, -0.2) is 60.8 Å². The molecule has 2 fully saturated rings. The summed E-state index contributed by atoms with van der Waals surface area (Å²) in [5, 5.41) is 8.22. The number of carbonyl (C=O) groups excluding carboxylic acids is 4. The zero-order valence-electron chi connectivity index (χ0n) is 20.5. The number of carbonyl (C=O) groups is 4. The van der Waals surface area contributed by atoms with Gasteiger partial charge < -0.3 is 20.3 Å². The minimum absolute atomic E-state index is 0. The Bertz CT molecular complexity index is 1180. The first kappa shape index (κ1) is 28.4. The molecule has 2 aromatic carbocycles. The lowest BCUT2D eigenvalue weighted by atomic mass is 9.87. The standard InChI is InChI=1S/C26H29ClN4O5.ClH/c1-36-22-10-9-17(28-23(33)18-6-2-3-7-20(18)27)16-19(22)21(32)8-4-5-13-31-14-11-26(12-15-31)24(34)29-25(35)30-26;/h2-3,6-7,9-10,16H,4-5,8,11-15H2,1H3,(H,28,33)(H2,29,30,34,35);1H. The highest BCUT2D eigenvalue weighted by molar-refractivity contribution is 6.34. The Kier molecular flexibility index (Phi) is 9.53. The van der Waals surface area contributed by atoms with Crippen LogP contribution in [0.4, 0.5) is 10.5 Å². The molecule has 1 spiro atoms. The van der Waals surface area contributed by atoms with E-state index in [2.05, 4.69) is 20.9 Å². The lowest BCUT2D eigenvalue weighted by Gasteiger charge is -2.36. The molecule has 2 aromatic rings. The molecule has 2 aliphatic heterocycles. The zero-order valence-corrected chi connectivity index (χ0v) is 22.0. The molecule has 0 atom stereocenters. The van der Waals surface area contributed by atoms with Crippen molar-refractivity contribution in [2.45, 2.75) is 37.6 Å². The number of nitrogens with one attached hydrogen (secondary N) is 3. The number of unbranched alkanes of at least 4 members (excludes halogenated alkanes) is 1. The van der Waals surface area contributed by atoms with Crippen molar-refractivity contribution in [3.63, 3.8) is 0 Å². The summed E-state index contributed by atoms with van der Waals surface area (Å²) in [4.78, 5) is 51.3. The van der Waals surface area contributed by atoms with E-state index in [9.17, 15) is 19.2 Å². The van der Waals surface area contributed by atoms with Crippen LogP contribution in [0.15, 0.2) is 42.5 Å². The Hall–Kier alpha value is -3.14. The second-order valence-electron chi connectivity index (χ2n) is 9.06. The average Bonchev–Trinajstić information content (AvgIpc) is 3.14. The summed E-state index contributed by atoms with van der Waals surface area (Å²) in [6.07, 6.45) is 3.01. The fourth-order valence-corrected chi connectivity index (χ4v) is 4.86. The predicted molar refractivity (Wildman–Crippen MR) is 143 cm³/mol. The summed E-state index contributed by atoms with van der Waals surface area (Å²) in [7, 11) is 1.50. The fourth-order valence-electron chi connectivity index (χ4n) is 4.64. The quantitative estimate of drug-likeness (QED) is 0.247. The molecule has 0 saturated carbocycles. The van der Waals surface area contributed by atoms with E-state index >= 15 is 0 Å². The number of imide groups is 1. The van der Waals surface area contributed by atoms with E-state index in [-0.39, 0.29) is 30.0 Å². The van der Waals surface area contributed by atoms with Crippen molar-refractivity contribution in [1.29, 1.82) is 0 Å². The highest BCUT2D eigenvalue weighted by Gasteiger charge is 2.47. The van der Waals surface area contributed by atoms with E-state index in [1.165, 1.54) is 7.11 Å². The van der Waals surface area contributed by atoms with Gasteiger partial charge in [0.15, 0.2) is 5.78 Å². The minimum atomic E-state index is -0.771. The molecule has 3 N–H and O–H groups in total. The molecule has 2 heterocycles. The van der Waals surface area contributed by atoms with Crippen LogP contribution in [0, 0.1) is 0 Å². The Morgan fingerprint density at radius 2 is 1.81 bits per heavy atom. The number of anilines is 1. The molecule has 0 aliphatic carbocycles. The number of hydrogen-bond donors (Lipinski definition) is 3. The lowest BCUT2D eigenvalue weighted by Crippen LogP contribution is -2.54. The monoisotopic (exact) mass is 548 g/mol. The number of hydrogen-bond acceptors (Lipinski definition) is 6. The number of rotatable bonds is 9. The number of ether oxygens (including phenoxy) is 1. The highest BCUT2D eigenvalue weighted by Crippen LogP contribution is 2.27. The normalized spacial score (nSPS) is 16.5. The summed E-state index contributed by atoms with van der Waals surface area (Å²) in [5.41, 5.74) is 0.473. The summed E-state index contributed by atoms with van der Waals surface area (Å²) in [6, 6.07) is 11.3. The molecule has 198 valence electrons. The number of likely N-dealkylation sites (tertiary alicyclic amines) is 1. The van der Waals surface area contributed by atoms with E-state index < -0.39 is 11.6 Å².